The Labute approximate surface area is 124 Å². The van der Waals surface area contributed by atoms with Crippen molar-refractivity contribution >= 4 is 22.1 Å². The van der Waals surface area contributed by atoms with E-state index in [1.54, 1.807) is 11.3 Å². The van der Waals surface area contributed by atoms with Gasteiger partial charge in [0.2, 0.25) is 0 Å². The number of thiazole rings is 1. The predicted molar refractivity (Wildman–Crippen MR) is 84.8 cm³/mol. The van der Waals surface area contributed by atoms with Gasteiger partial charge >= 0.3 is 0 Å². The lowest BCUT2D eigenvalue weighted by Crippen LogP contribution is -2.30. The van der Waals surface area contributed by atoms with E-state index in [1.165, 1.54) is 24.5 Å². The van der Waals surface area contributed by atoms with Crippen LogP contribution < -0.4 is 10.2 Å². The molecule has 2 aromatic rings. The highest BCUT2D eigenvalue weighted by atomic mass is 32.1. The summed E-state index contributed by atoms with van der Waals surface area (Å²) in [6.45, 7) is 8.49. The molecule has 0 aromatic carbocycles. The molecule has 6 heteroatoms. The highest BCUT2D eigenvalue weighted by Gasteiger charge is 2.20. The van der Waals surface area contributed by atoms with Crippen molar-refractivity contribution in [2.75, 3.05) is 44.7 Å². The molecule has 0 saturated carbocycles. The molecule has 5 nitrogen and oxygen atoms in total. The fraction of sp³-hybridized carbons (Fsp3) is 0.643. The molecular weight excluding hydrogens is 270 g/mol. The standard InChI is InChI=1S/C14H23N5S/c1-3-15-11-12-13(16-14-19(12)9-10-20-14)18-6-4-5-17(2)7-8-18/h9-10,15H,3-8,11H2,1-2H3. The first kappa shape index (κ1) is 13.9. The van der Waals surface area contributed by atoms with Crippen LogP contribution in [0.25, 0.3) is 4.96 Å². The van der Waals surface area contributed by atoms with Gasteiger partial charge in [-0.3, -0.25) is 4.40 Å². The van der Waals surface area contributed by atoms with Crippen LogP contribution >= 0.6 is 11.3 Å². The van der Waals surface area contributed by atoms with Crippen molar-refractivity contribution in [3.05, 3.63) is 17.3 Å². The largest absolute Gasteiger partial charge is 0.354 e. The minimum absolute atomic E-state index is 0.885. The van der Waals surface area contributed by atoms with E-state index in [1.807, 2.05) is 0 Å². The number of hydrogen-bond donors (Lipinski definition) is 1. The van der Waals surface area contributed by atoms with Crippen molar-refractivity contribution in [3.63, 3.8) is 0 Å². The summed E-state index contributed by atoms with van der Waals surface area (Å²) in [7, 11) is 2.20. The van der Waals surface area contributed by atoms with E-state index in [9.17, 15) is 0 Å². The highest BCUT2D eigenvalue weighted by Crippen LogP contribution is 2.25. The molecule has 1 aliphatic rings. The molecule has 0 unspecified atom stereocenters. The van der Waals surface area contributed by atoms with Crippen LogP contribution in [0.3, 0.4) is 0 Å². The zero-order valence-corrected chi connectivity index (χ0v) is 13.1. The zero-order chi connectivity index (χ0) is 13.9. The second-order valence-corrected chi connectivity index (χ2v) is 6.23. The Hall–Kier alpha value is -1.11. The molecule has 0 spiro atoms. The third-order valence-corrected chi connectivity index (χ3v) is 4.66. The van der Waals surface area contributed by atoms with Gasteiger partial charge in [-0.1, -0.05) is 6.92 Å². The minimum atomic E-state index is 0.885. The van der Waals surface area contributed by atoms with Crippen molar-refractivity contribution in [2.24, 2.45) is 0 Å². The fourth-order valence-corrected chi connectivity index (χ4v) is 3.47. The van der Waals surface area contributed by atoms with Gasteiger partial charge in [0.05, 0.1) is 5.69 Å². The number of fused-ring (bicyclic) bond motifs is 1. The topological polar surface area (TPSA) is 35.8 Å². The van der Waals surface area contributed by atoms with E-state index in [4.69, 9.17) is 4.98 Å². The number of nitrogens with zero attached hydrogens (tertiary/aromatic N) is 4. The van der Waals surface area contributed by atoms with Gasteiger partial charge in [0.1, 0.15) is 0 Å². The molecular formula is C14H23N5S. The normalized spacial score (nSPS) is 17.8. The van der Waals surface area contributed by atoms with Crippen LogP contribution in [-0.4, -0.2) is 54.1 Å². The summed E-state index contributed by atoms with van der Waals surface area (Å²) in [6, 6.07) is 0. The minimum Gasteiger partial charge on any atom is -0.354 e. The van der Waals surface area contributed by atoms with Crippen LogP contribution in [-0.2, 0) is 6.54 Å². The Balaban J connectivity index is 1.90. The maximum Gasteiger partial charge on any atom is 0.195 e. The molecule has 2 aromatic heterocycles. The SMILES string of the molecule is CCNCc1c(N2CCCN(C)CC2)nc2sccn12. The Kier molecular flexibility index (Phi) is 4.24. The number of aromatic nitrogens is 2. The van der Waals surface area contributed by atoms with Crippen molar-refractivity contribution in [2.45, 2.75) is 19.9 Å². The Bertz CT molecular complexity index is 561. The van der Waals surface area contributed by atoms with Gasteiger partial charge < -0.3 is 15.1 Å². The van der Waals surface area contributed by atoms with Crippen LogP contribution in [0, 0.1) is 0 Å². The molecule has 20 heavy (non-hydrogen) atoms. The average Bonchev–Trinajstić information content (AvgIpc) is 2.95. The van der Waals surface area contributed by atoms with Crippen LogP contribution in [0.4, 0.5) is 5.82 Å². The molecule has 0 atom stereocenters. The fourth-order valence-electron chi connectivity index (χ4n) is 2.74. The summed E-state index contributed by atoms with van der Waals surface area (Å²) in [5, 5.41) is 5.55. The zero-order valence-electron chi connectivity index (χ0n) is 12.3. The first-order valence-corrected chi connectivity index (χ1v) is 8.26. The number of rotatable bonds is 4. The highest BCUT2D eigenvalue weighted by molar-refractivity contribution is 7.15. The summed E-state index contributed by atoms with van der Waals surface area (Å²) in [5.74, 6) is 1.17. The van der Waals surface area contributed by atoms with Crippen LogP contribution in [0.5, 0.6) is 0 Å². The summed E-state index contributed by atoms with van der Waals surface area (Å²) < 4.78 is 2.23. The Morgan fingerprint density at radius 1 is 1.30 bits per heavy atom. The second kappa shape index (κ2) is 6.11. The summed E-state index contributed by atoms with van der Waals surface area (Å²) >= 11 is 1.71. The lowest BCUT2D eigenvalue weighted by Gasteiger charge is -2.21. The van der Waals surface area contributed by atoms with E-state index >= 15 is 0 Å². The molecule has 3 heterocycles. The number of hydrogen-bond acceptors (Lipinski definition) is 5. The monoisotopic (exact) mass is 293 g/mol. The maximum atomic E-state index is 4.86. The van der Waals surface area contributed by atoms with Crippen molar-refractivity contribution in [1.29, 1.82) is 0 Å². The Morgan fingerprint density at radius 2 is 2.20 bits per heavy atom. The quantitative estimate of drug-likeness (QED) is 0.930. The van der Waals surface area contributed by atoms with E-state index in [-0.39, 0.29) is 0 Å². The summed E-state index contributed by atoms with van der Waals surface area (Å²) in [4.78, 5) is 10.8. The van der Waals surface area contributed by atoms with Crippen molar-refractivity contribution < 1.29 is 0 Å². The molecule has 1 fully saturated rings. The van der Waals surface area contributed by atoms with Gasteiger partial charge in [-0.05, 0) is 26.6 Å². The number of likely N-dealkylation sites (N-methyl/N-ethyl adjacent to an activating group) is 1. The second-order valence-electron chi connectivity index (χ2n) is 5.36. The van der Waals surface area contributed by atoms with E-state index in [0.29, 0.717) is 0 Å². The van der Waals surface area contributed by atoms with E-state index in [2.05, 4.69) is 45.1 Å². The molecule has 1 N–H and O–H groups in total. The van der Waals surface area contributed by atoms with Gasteiger partial charge in [0.15, 0.2) is 10.8 Å². The number of nitrogens with one attached hydrogen (secondary N) is 1. The molecule has 0 aliphatic carbocycles. The van der Waals surface area contributed by atoms with Gasteiger partial charge in [-0.2, -0.15) is 0 Å². The molecule has 110 valence electrons. The Morgan fingerprint density at radius 3 is 3.05 bits per heavy atom. The van der Waals surface area contributed by atoms with Crippen molar-refractivity contribution in [3.8, 4) is 0 Å². The molecule has 0 radical (unpaired) electrons. The molecule has 0 bridgehead atoms. The predicted octanol–water partition coefficient (Wildman–Crippen LogP) is 1.65. The number of anilines is 1. The van der Waals surface area contributed by atoms with Gasteiger partial charge in [-0.15, -0.1) is 11.3 Å². The first-order chi connectivity index (χ1) is 9.79. The van der Waals surface area contributed by atoms with Gasteiger partial charge in [0.25, 0.3) is 0 Å². The van der Waals surface area contributed by atoms with Gasteiger partial charge in [0, 0.05) is 37.8 Å². The smallest absolute Gasteiger partial charge is 0.195 e. The summed E-state index contributed by atoms with van der Waals surface area (Å²) in [5.41, 5.74) is 1.30. The van der Waals surface area contributed by atoms with Crippen LogP contribution in [0.1, 0.15) is 19.0 Å². The molecule has 1 saturated heterocycles. The van der Waals surface area contributed by atoms with Crippen LogP contribution in [0.15, 0.2) is 11.6 Å². The lowest BCUT2D eigenvalue weighted by molar-refractivity contribution is 0.360. The molecule has 3 rings (SSSR count). The lowest BCUT2D eigenvalue weighted by atomic mass is 10.3. The van der Waals surface area contributed by atoms with Gasteiger partial charge in [-0.25, -0.2) is 4.98 Å². The van der Waals surface area contributed by atoms with E-state index in [0.717, 1.165) is 37.7 Å². The molecule has 0 amide bonds. The van der Waals surface area contributed by atoms with Crippen molar-refractivity contribution in [1.82, 2.24) is 19.6 Å². The molecule has 1 aliphatic heterocycles. The third kappa shape index (κ3) is 2.68. The maximum absolute atomic E-state index is 4.86. The van der Waals surface area contributed by atoms with E-state index < -0.39 is 0 Å². The summed E-state index contributed by atoms with van der Waals surface area (Å²) in [6.07, 6.45) is 3.34. The number of imidazole rings is 1. The first-order valence-electron chi connectivity index (χ1n) is 7.38. The third-order valence-electron chi connectivity index (χ3n) is 3.90. The van der Waals surface area contributed by atoms with Crippen LogP contribution in [0.2, 0.25) is 0 Å². The average molecular weight is 293 g/mol.